The van der Waals surface area contributed by atoms with Gasteiger partial charge in [0.05, 0.1) is 12.7 Å². The summed E-state index contributed by atoms with van der Waals surface area (Å²) in [7, 11) is 1.33. The molecule has 0 bridgehead atoms. The lowest BCUT2D eigenvalue weighted by Crippen LogP contribution is -2.12. The number of fused-ring (bicyclic) bond motifs is 1. The van der Waals surface area contributed by atoms with E-state index < -0.39 is 11.9 Å². The number of para-hydroxylation sites is 1. The lowest BCUT2D eigenvalue weighted by Gasteiger charge is -2.06. The van der Waals surface area contributed by atoms with Crippen molar-refractivity contribution in [2.75, 3.05) is 19.0 Å². The number of nitrogens with one attached hydrogen (secondary N) is 2. The second-order valence-corrected chi connectivity index (χ2v) is 7.48. The van der Waals surface area contributed by atoms with Crippen molar-refractivity contribution in [3.8, 4) is 0 Å². The highest BCUT2D eigenvalue weighted by Gasteiger charge is 2.07. The molecule has 0 atom stereocenters. The number of furan rings is 1. The molecular weight excluding hydrogens is 444 g/mol. The summed E-state index contributed by atoms with van der Waals surface area (Å²) >= 11 is 1.11. The molecule has 9 nitrogen and oxygen atoms in total. The first-order chi connectivity index (χ1) is 15.9. The lowest BCUT2D eigenvalue weighted by molar-refractivity contribution is -0.116. The van der Waals surface area contributed by atoms with Gasteiger partial charge in [0.25, 0.3) is 5.91 Å². The minimum Gasteiger partial charge on any atom is -0.465 e. The van der Waals surface area contributed by atoms with Gasteiger partial charge in [-0.15, -0.1) is 0 Å². The Morgan fingerprint density at radius 2 is 1.76 bits per heavy atom. The zero-order chi connectivity index (χ0) is 24.1. The van der Waals surface area contributed by atoms with Gasteiger partial charge in [-0.2, -0.15) is 0 Å². The largest absolute Gasteiger partial charge is 0.465 e. The lowest BCUT2D eigenvalue weighted by atomic mass is 10.1. The van der Waals surface area contributed by atoms with E-state index in [-0.39, 0.29) is 11.7 Å². The zero-order valence-electron chi connectivity index (χ0n) is 18.3. The van der Waals surface area contributed by atoms with Gasteiger partial charge in [0.2, 0.25) is 5.91 Å². The Morgan fingerprint density at radius 1 is 1.03 bits per heavy atom. The van der Waals surface area contributed by atoms with E-state index in [9.17, 15) is 14.4 Å². The van der Waals surface area contributed by atoms with Crippen LogP contribution in [0.2, 0.25) is 0 Å². The highest BCUT2D eigenvalue weighted by molar-refractivity contribution is 7.95. The number of benzene rings is 2. The number of unbranched alkanes of at least 4 members (excludes halogenated alkanes) is 2. The van der Waals surface area contributed by atoms with Crippen molar-refractivity contribution in [2.24, 2.45) is 10.9 Å². The SMILES string of the molecule is COC(=O)c1ccc(NC(=O)CCCCCNSN)cc1.NC(=O)c1cc2ccccc2o1. The van der Waals surface area contributed by atoms with E-state index in [1.807, 2.05) is 18.2 Å². The number of carbonyl (C=O) groups is 3. The maximum Gasteiger partial charge on any atom is 0.337 e. The molecular formula is C23H28N4O5S. The Balaban J connectivity index is 0.000000268. The molecule has 0 saturated carbocycles. The first-order valence-electron chi connectivity index (χ1n) is 10.3. The first-order valence-corrected chi connectivity index (χ1v) is 11.2. The van der Waals surface area contributed by atoms with E-state index >= 15 is 0 Å². The standard InChI is InChI=1S/C14H21N3O3S.C9H7NO2/c1-20-14(19)11-6-8-12(9-7-11)17-13(18)5-3-2-4-10-16-21-15;10-9(11)8-5-6-3-1-2-4-7(6)12-8/h6-9,16H,2-5,10,15H2,1H3,(H,17,18);1-5H,(H2,10,11). The molecule has 0 aliphatic heterocycles. The van der Waals surface area contributed by atoms with Gasteiger partial charge in [-0.1, -0.05) is 24.6 Å². The molecule has 3 rings (SSSR count). The minimum atomic E-state index is -0.536. The molecule has 1 heterocycles. The number of hydrogen-bond acceptors (Lipinski definition) is 8. The highest BCUT2D eigenvalue weighted by Crippen LogP contribution is 2.18. The van der Waals surface area contributed by atoms with Crippen LogP contribution < -0.4 is 20.9 Å². The molecule has 0 aliphatic carbocycles. The predicted octanol–water partition coefficient (Wildman–Crippen LogP) is 3.62. The number of anilines is 1. The van der Waals surface area contributed by atoms with Crippen molar-refractivity contribution in [3.05, 3.63) is 65.9 Å². The second-order valence-electron chi connectivity index (χ2n) is 6.95. The minimum absolute atomic E-state index is 0.0259. The molecule has 0 unspecified atom stereocenters. The van der Waals surface area contributed by atoms with Crippen LogP contribution in [0.4, 0.5) is 5.69 Å². The van der Waals surface area contributed by atoms with E-state index in [4.69, 9.17) is 15.3 Å². The number of rotatable bonds is 10. The molecule has 1 aromatic heterocycles. The fourth-order valence-corrected chi connectivity index (χ4v) is 3.11. The predicted molar refractivity (Wildman–Crippen MR) is 129 cm³/mol. The Kier molecular flexibility index (Phi) is 10.9. The van der Waals surface area contributed by atoms with Crippen molar-refractivity contribution in [3.63, 3.8) is 0 Å². The van der Waals surface area contributed by atoms with Gasteiger partial charge in [-0.05, 0) is 49.2 Å². The van der Waals surface area contributed by atoms with Crippen LogP contribution in [0, 0.1) is 0 Å². The quantitative estimate of drug-likeness (QED) is 0.198. The Hall–Kier alpha value is -3.34. The van der Waals surface area contributed by atoms with E-state index in [1.54, 1.807) is 36.4 Å². The third kappa shape index (κ3) is 8.97. The average molecular weight is 473 g/mol. The monoisotopic (exact) mass is 472 g/mol. The summed E-state index contributed by atoms with van der Waals surface area (Å²) in [6.07, 6.45) is 3.28. The molecule has 0 aliphatic rings. The number of methoxy groups -OCH3 is 1. The first kappa shape index (κ1) is 25.9. The molecule has 0 spiro atoms. The van der Waals surface area contributed by atoms with Crippen molar-refractivity contribution in [1.82, 2.24) is 4.72 Å². The number of carbonyl (C=O) groups excluding carboxylic acids is 3. The molecule has 176 valence electrons. The number of esters is 1. The maximum atomic E-state index is 11.7. The Morgan fingerprint density at radius 3 is 2.39 bits per heavy atom. The molecule has 0 fully saturated rings. The summed E-state index contributed by atoms with van der Waals surface area (Å²) in [6, 6.07) is 15.6. The van der Waals surface area contributed by atoms with E-state index in [2.05, 4.69) is 14.8 Å². The van der Waals surface area contributed by atoms with Crippen LogP contribution in [-0.4, -0.2) is 31.4 Å². The van der Waals surface area contributed by atoms with E-state index in [0.717, 1.165) is 43.3 Å². The van der Waals surface area contributed by atoms with Gasteiger partial charge in [-0.3, -0.25) is 19.5 Å². The second kappa shape index (κ2) is 13.9. The van der Waals surface area contributed by atoms with Crippen molar-refractivity contribution in [1.29, 1.82) is 0 Å². The number of primary amides is 1. The van der Waals surface area contributed by atoms with Crippen LogP contribution in [0.15, 0.2) is 59.0 Å². The summed E-state index contributed by atoms with van der Waals surface area (Å²) in [5.41, 5.74) is 6.87. The number of hydrogen-bond donors (Lipinski definition) is 4. The third-order valence-electron chi connectivity index (χ3n) is 4.52. The third-order valence-corrected chi connectivity index (χ3v) is 4.89. The smallest absolute Gasteiger partial charge is 0.337 e. The number of amides is 2. The zero-order valence-corrected chi connectivity index (χ0v) is 19.2. The summed E-state index contributed by atoms with van der Waals surface area (Å²) in [5.74, 6) is -0.749. The van der Waals surface area contributed by atoms with Gasteiger partial charge in [-0.25, -0.2) is 4.79 Å². The topological polar surface area (TPSA) is 150 Å². The van der Waals surface area contributed by atoms with Crippen LogP contribution in [0.5, 0.6) is 0 Å². The van der Waals surface area contributed by atoms with Crippen LogP contribution in [0.1, 0.15) is 46.6 Å². The van der Waals surface area contributed by atoms with Crippen molar-refractivity contribution < 1.29 is 23.5 Å². The molecule has 33 heavy (non-hydrogen) atoms. The molecule has 2 amide bonds. The van der Waals surface area contributed by atoms with Crippen LogP contribution in [0.25, 0.3) is 11.0 Å². The fourth-order valence-electron chi connectivity index (χ4n) is 2.85. The van der Waals surface area contributed by atoms with Gasteiger partial charge in [0, 0.05) is 36.2 Å². The van der Waals surface area contributed by atoms with Crippen LogP contribution in [0.3, 0.4) is 0 Å². The van der Waals surface area contributed by atoms with Crippen molar-refractivity contribution in [2.45, 2.75) is 25.7 Å². The van der Waals surface area contributed by atoms with Crippen LogP contribution in [-0.2, 0) is 9.53 Å². The molecule has 10 heteroatoms. The summed E-state index contributed by atoms with van der Waals surface area (Å²) in [4.78, 5) is 33.7. The van der Waals surface area contributed by atoms with E-state index in [1.165, 1.54) is 7.11 Å². The number of ether oxygens (including phenoxy) is 1. The van der Waals surface area contributed by atoms with Gasteiger partial charge in [0.15, 0.2) is 5.76 Å². The van der Waals surface area contributed by atoms with Gasteiger partial charge in [0.1, 0.15) is 5.58 Å². The maximum absolute atomic E-state index is 11.7. The molecule has 6 N–H and O–H groups in total. The molecule has 3 aromatic rings. The fraction of sp³-hybridized carbons (Fsp3) is 0.261. The summed E-state index contributed by atoms with van der Waals surface area (Å²) in [5, 5.41) is 8.92. The average Bonchev–Trinajstić information content (AvgIpc) is 3.27. The molecule has 0 radical (unpaired) electrons. The highest BCUT2D eigenvalue weighted by atomic mass is 32.2. The molecule has 0 saturated heterocycles. The van der Waals surface area contributed by atoms with Gasteiger partial charge >= 0.3 is 5.97 Å². The van der Waals surface area contributed by atoms with Crippen molar-refractivity contribution >= 4 is 46.6 Å². The normalized spacial score (nSPS) is 10.2. The molecule has 2 aromatic carbocycles. The Labute approximate surface area is 196 Å². The van der Waals surface area contributed by atoms with E-state index in [0.29, 0.717) is 23.3 Å². The summed E-state index contributed by atoms with van der Waals surface area (Å²) in [6.45, 7) is 0.845. The Bertz CT molecular complexity index is 1020. The van der Waals surface area contributed by atoms with Gasteiger partial charge < -0.3 is 20.2 Å². The number of nitrogens with two attached hydrogens (primary N) is 2. The van der Waals surface area contributed by atoms with Crippen LogP contribution >= 0.6 is 12.1 Å². The summed E-state index contributed by atoms with van der Waals surface area (Å²) < 4.78 is 12.7.